The molecule has 2 aromatic rings. The zero-order valence-electron chi connectivity index (χ0n) is 12.2. The third-order valence-corrected chi connectivity index (χ3v) is 5.20. The van der Waals surface area contributed by atoms with Crippen molar-refractivity contribution < 1.29 is 5.11 Å². The quantitative estimate of drug-likeness (QED) is 0.576. The zero-order valence-corrected chi connectivity index (χ0v) is 13.0. The second-order valence-electron chi connectivity index (χ2n) is 5.41. The number of rotatable bonds is 5. The fourth-order valence-electron chi connectivity index (χ4n) is 2.88. The largest absolute Gasteiger partial charge is 0.396 e. The van der Waals surface area contributed by atoms with Gasteiger partial charge >= 0.3 is 0 Å². The van der Waals surface area contributed by atoms with Gasteiger partial charge in [-0.3, -0.25) is 5.43 Å². The molecule has 3 heterocycles. The number of nitrogens with zero attached hydrogens (tertiary/aromatic N) is 3. The molecule has 114 valence electrons. The van der Waals surface area contributed by atoms with Crippen LogP contribution in [0.4, 0.5) is 11.8 Å². The summed E-state index contributed by atoms with van der Waals surface area (Å²) in [7, 11) is 0. The minimum atomic E-state index is 0.256. The van der Waals surface area contributed by atoms with Crippen LogP contribution in [0.15, 0.2) is 6.07 Å². The van der Waals surface area contributed by atoms with Crippen molar-refractivity contribution in [1.82, 2.24) is 9.97 Å². The highest BCUT2D eigenvalue weighted by atomic mass is 32.1. The molecule has 21 heavy (non-hydrogen) atoms. The molecule has 7 heteroatoms. The highest BCUT2D eigenvalue weighted by Crippen LogP contribution is 2.34. The molecule has 1 saturated heterocycles. The van der Waals surface area contributed by atoms with Crippen molar-refractivity contribution in [3.63, 3.8) is 0 Å². The van der Waals surface area contributed by atoms with Crippen LogP contribution in [0.25, 0.3) is 10.2 Å². The number of nitrogen functional groups attached to an aromatic ring is 1. The van der Waals surface area contributed by atoms with E-state index in [2.05, 4.69) is 33.3 Å². The van der Waals surface area contributed by atoms with Gasteiger partial charge in [-0.1, -0.05) is 6.92 Å². The molecule has 0 aromatic carbocycles. The SMILES string of the molecule is CCc1cc2c(N3CCC(CCO)C3)nc(NN)nc2s1. The Bertz CT molecular complexity index is 629. The van der Waals surface area contributed by atoms with E-state index in [0.717, 1.165) is 48.4 Å². The van der Waals surface area contributed by atoms with Crippen LogP contribution in [0.2, 0.25) is 0 Å². The van der Waals surface area contributed by atoms with Gasteiger partial charge < -0.3 is 10.0 Å². The minimum absolute atomic E-state index is 0.256. The average molecular weight is 307 g/mol. The molecular formula is C14H21N5OS. The number of anilines is 2. The first kappa shape index (κ1) is 14.5. The van der Waals surface area contributed by atoms with Crippen LogP contribution in [0.1, 0.15) is 24.6 Å². The van der Waals surface area contributed by atoms with Gasteiger partial charge in [0.2, 0.25) is 5.95 Å². The van der Waals surface area contributed by atoms with Gasteiger partial charge in [0.15, 0.2) is 0 Å². The standard InChI is InChI=1S/C14H21N5OS/c1-2-10-7-11-12(16-14(18-15)17-13(11)21-10)19-5-3-9(8-19)4-6-20/h7,9,20H,2-6,8,15H2,1H3,(H,16,17,18). The number of nitrogens with two attached hydrogens (primary N) is 1. The van der Waals surface area contributed by atoms with Gasteiger partial charge in [0.25, 0.3) is 0 Å². The number of hydrogen-bond donors (Lipinski definition) is 3. The molecule has 1 atom stereocenters. The summed E-state index contributed by atoms with van der Waals surface area (Å²) in [5.41, 5.74) is 2.56. The number of nitrogens with one attached hydrogen (secondary N) is 1. The summed E-state index contributed by atoms with van der Waals surface area (Å²) in [4.78, 5) is 13.6. The molecule has 0 amide bonds. The molecule has 0 spiro atoms. The third-order valence-electron chi connectivity index (χ3n) is 4.02. The number of aryl methyl sites for hydroxylation is 1. The Balaban J connectivity index is 1.98. The summed E-state index contributed by atoms with van der Waals surface area (Å²) in [6, 6.07) is 2.19. The van der Waals surface area contributed by atoms with Gasteiger partial charge in [-0.2, -0.15) is 4.98 Å². The molecule has 1 aliphatic heterocycles. The normalized spacial score (nSPS) is 18.6. The van der Waals surface area contributed by atoms with Crippen LogP contribution >= 0.6 is 11.3 Å². The molecule has 0 saturated carbocycles. The molecule has 0 radical (unpaired) electrons. The fourth-order valence-corrected chi connectivity index (χ4v) is 3.84. The van der Waals surface area contributed by atoms with Crippen molar-refractivity contribution in [3.8, 4) is 0 Å². The lowest BCUT2D eigenvalue weighted by Gasteiger charge is -2.19. The summed E-state index contributed by atoms with van der Waals surface area (Å²) in [6.45, 7) is 4.31. The smallest absolute Gasteiger partial charge is 0.240 e. The van der Waals surface area contributed by atoms with E-state index in [-0.39, 0.29) is 6.61 Å². The van der Waals surface area contributed by atoms with Gasteiger partial charge in [-0.25, -0.2) is 10.8 Å². The van der Waals surface area contributed by atoms with Crippen LogP contribution < -0.4 is 16.2 Å². The number of aliphatic hydroxyl groups excluding tert-OH is 1. The van der Waals surface area contributed by atoms with Gasteiger partial charge in [0.1, 0.15) is 10.6 Å². The van der Waals surface area contributed by atoms with Crippen molar-refractivity contribution in [2.24, 2.45) is 11.8 Å². The number of thiophene rings is 1. The van der Waals surface area contributed by atoms with Crippen molar-refractivity contribution >= 4 is 33.3 Å². The number of aliphatic hydroxyl groups is 1. The van der Waals surface area contributed by atoms with E-state index in [1.54, 1.807) is 11.3 Å². The Morgan fingerprint density at radius 2 is 2.38 bits per heavy atom. The molecule has 2 aromatic heterocycles. The van der Waals surface area contributed by atoms with Crippen LogP contribution in [0.3, 0.4) is 0 Å². The molecule has 3 rings (SSSR count). The zero-order chi connectivity index (χ0) is 14.8. The first-order valence-corrected chi connectivity index (χ1v) is 8.19. The van der Waals surface area contributed by atoms with Crippen LogP contribution in [-0.4, -0.2) is 34.8 Å². The summed E-state index contributed by atoms with van der Waals surface area (Å²) in [5, 5.41) is 10.2. The van der Waals surface area contributed by atoms with E-state index in [9.17, 15) is 0 Å². The second-order valence-corrected chi connectivity index (χ2v) is 6.53. The van der Waals surface area contributed by atoms with E-state index in [0.29, 0.717) is 11.9 Å². The Kier molecular flexibility index (Phi) is 4.23. The topological polar surface area (TPSA) is 87.3 Å². The molecular weight excluding hydrogens is 286 g/mol. The number of hydrazine groups is 1. The maximum atomic E-state index is 9.10. The maximum Gasteiger partial charge on any atom is 0.240 e. The first-order chi connectivity index (χ1) is 10.2. The number of aromatic nitrogens is 2. The third kappa shape index (κ3) is 2.81. The predicted molar refractivity (Wildman–Crippen MR) is 86.6 cm³/mol. The summed E-state index contributed by atoms with van der Waals surface area (Å²) >= 11 is 1.70. The van der Waals surface area contributed by atoms with Crippen molar-refractivity contribution in [1.29, 1.82) is 0 Å². The Morgan fingerprint density at radius 1 is 1.52 bits per heavy atom. The average Bonchev–Trinajstić information content (AvgIpc) is 3.12. The number of hydrogen-bond acceptors (Lipinski definition) is 7. The summed E-state index contributed by atoms with van der Waals surface area (Å²) in [5.74, 6) is 7.47. The first-order valence-electron chi connectivity index (χ1n) is 7.38. The van der Waals surface area contributed by atoms with E-state index >= 15 is 0 Å². The second kappa shape index (κ2) is 6.13. The Labute approximate surface area is 128 Å². The van der Waals surface area contributed by atoms with E-state index in [1.807, 2.05) is 0 Å². The van der Waals surface area contributed by atoms with Crippen molar-refractivity contribution in [2.45, 2.75) is 26.2 Å². The predicted octanol–water partition coefficient (Wildman–Crippen LogP) is 1.75. The van der Waals surface area contributed by atoms with Crippen LogP contribution in [-0.2, 0) is 6.42 Å². The Morgan fingerprint density at radius 3 is 3.10 bits per heavy atom. The minimum Gasteiger partial charge on any atom is -0.396 e. The molecule has 6 nitrogen and oxygen atoms in total. The highest BCUT2D eigenvalue weighted by molar-refractivity contribution is 7.18. The fraction of sp³-hybridized carbons (Fsp3) is 0.571. The molecule has 1 fully saturated rings. The molecule has 4 N–H and O–H groups in total. The van der Waals surface area contributed by atoms with Gasteiger partial charge in [0, 0.05) is 24.6 Å². The lowest BCUT2D eigenvalue weighted by atomic mass is 10.1. The summed E-state index contributed by atoms with van der Waals surface area (Å²) in [6.07, 6.45) is 2.96. The lowest BCUT2D eigenvalue weighted by Crippen LogP contribution is -2.22. The van der Waals surface area contributed by atoms with Gasteiger partial charge in [-0.05, 0) is 31.2 Å². The van der Waals surface area contributed by atoms with Crippen molar-refractivity contribution in [2.75, 3.05) is 30.0 Å². The van der Waals surface area contributed by atoms with Gasteiger partial charge in [-0.15, -0.1) is 11.3 Å². The molecule has 1 aliphatic rings. The van der Waals surface area contributed by atoms with Crippen LogP contribution in [0.5, 0.6) is 0 Å². The van der Waals surface area contributed by atoms with E-state index in [1.165, 1.54) is 4.88 Å². The van der Waals surface area contributed by atoms with E-state index in [4.69, 9.17) is 10.9 Å². The summed E-state index contributed by atoms with van der Waals surface area (Å²) < 4.78 is 0. The maximum absolute atomic E-state index is 9.10. The Hall–Kier alpha value is -1.44. The highest BCUT2D eigenvalue weighted by Gasteiger charge is 2.25. The van der Waals surface area contributed by atoms with Crippen molar-refractivity contribution in [3.05, 3.63) is 10.9 Å². The molecule has 0 aliphatic carbocycles. The van der Waals surface area contributed by atoms with Gasteiger partial charge in [0.05, 0.1) is 5.39 Å². The van der Waals surface area contributed by atoms with Crippen LogP contribution in [0, 0.1) is 5.92 Å². The number of fused-ring (bicyclic) bond motifs is 1. The molecule has 0 bridgehead atoms. The lowest BCUT2D eigenvalue weighted by molar-refractivity contribution is 0.263. The molecule has 1 unspecified atom stereocenters. The monoisotopic (exact) mass is 307 g/mol. The van der Waals surface area contributed by atoms with E-state index < -0.39 is 0 Å².